The first kappa shape index (κ1) is 7.79. The Bertz CT molecular complexity index is 176. The number of rotatable bonds is 1. The zero-order valence-corrected chi connectivity index (χ0v) is 6.90. The van der Waals surface area contributed by atoms with Gasteiger partial charge in [0, 0.05) is 11.7 Å². The number of carbonyl (C=O) groups is 2. The molecule has 1 aliphatic heterocycles. The Morgan fingerprint density at radius 3 is 2.50 bits per heavy atom. The second-order valence-electron chi connectivity index (χ2n) is 2.63. The monoisotopic (exact) mass is 158 g/mol. The first-order valence-corrected chi connectivity index (χ1v) is 4.33. The number of ketones is 2. The maximum absolute atomic E-state index is 11.1. The smallest absolute Gasteiger partial charge is 0.156 e. The minimum absolute atomic E-state index is 0.000602. The van der Waals surface area contributed by atoms with Gasteiger partial charge in [-0.1, -0.05) is 6.92 Å². The SMILES string of the molecule is CC(=O)[C@@H]1SC[C@@H](C)C1=O. The van der Waals surface area contributed by atoms with Gasteiger partial charge in [-0.25, -0.2) is 0 Å². The van der Waals surface area contributed by atoms with Gasteiger partial charge in [0.2, 0.25) is 0 Å². The highest BCUT2D eigenvalue weighted by Gasteiger charge is 2.34. The molecule has 3 heteroatoms. The molecule has 2 atom stereocenters. The van der Waals surface area contributed by atoms with E-state index >= 15 is 0 Å². The summed E-state index contributed by atoms with van der Waals surface area (Å²) in [5.74, 6) is 0.999. The van der Waals surface area contributed by atoms with Crippen molar-refractivity contribution in [1.29, 1.82) is 0 Å². The van der Waals surface area contributed by atoms with E-state index in [9.17, 15) is 9.59 Å². The molecule has 0 radical (unpaired) electrons. The van der Waals surface area contributed by atoms with Crippen LogP contribution in [-0.2, 0) is 9.59 Å². The molecule has 10 heavy (non-hydrogen) atoms. The summed E-state index contributed by atoms with van der Waals surface area (Å²) in [5, 5.41) is -0.352. The number of hydrogen-bond donors (Lipinski definition) is 0. The van der Waals surface area contributed by atoms with E-state index in [2.05, 4.69) is 0 Å². The van der Waals surface area contributed by atoms with Crippen molar-refractivity contribution in [1.82, 2.24) is 0 Å². The molecule has 1 saturated heterocycles. The van der Waals surface area contributed by atoms with Crippen LogP contribution in [0.2, 0.25) is 0 Å². The highest BCUT2D eigenvalue weighted by atomic mass is 32.2. The summed E-state index contributed by atoms with van der Waals surface area (Å²) in [5.41, 5.74) is 0. The fourth-order valence-electron chi connectivity index (χ4n) is 0.981. The van der Waals surface area contributed by atoms with E-state index in [1.807, 2.05) is 6.92 Å². The van der Waals surface area contributed by atoms with Crippen LogP contribution in [0.5, 0.6) is 0 Å². The second-order valence-corrected chi connectivity index (χ2v) is 3.77. The third-order valence-corrected chi connectivity index (χ3v) is 3.22. The molecule has 0 amide bonds. The summed E-state index contributed by atoms with van der Waals surface area (Å²) >= 11 is 1.47. The standard InChI is InChI=1S/C7H10O2S/c1-4-3-10-7(5(2)8)6(4)9/h4,7H,3H2,1-2H3/t4-,7+/m1/s1. The molecule has 1 heterocycles. The minimum atomic E-state index is -0.352. The van der Waals surface area contributed by atoms with Gasteiger partial charge in [-0.05, 0) is 6.92 Å². The van der Waals surface area contributed by atoms with Crippen molar-refractivity contribution < 1.29 is 9.59 Å². The normalized spacial score (nSPS) is 32.8. The quantitative estimate of drug-likeness (QED) is 0.532. The number of Topliss-reactive ketones (excluding diaryl/α,β-unsaturated/α-hetero) is 2. The molecule has 0 aromatic heterocycles. The predicted molar refractivity (Wildman–Crippen MR) is 41.1 cm³/mol. The Hall–Kier alpha value is -0.310. The average molecular weight is 158 g/mol. The molecule has 0 aromatic carbocycles. The van der Waals surface area contributed by atoms with Gasteiger partial charge >= 0.3 is 0 Å². The highest BCUT2D eigenvalue weighted by molar-refractivity contribution is 8.01. The van der Waals surface area contributed by atoms with E-state index in [0.717, 1.165) is 5.75 Å². The first-order chi connectivity index (χ1) is 4.63. The van der Waals surface area contributed by atoms with Crippen molar-refractivity contribution in [3.8, 4) is 0 Å². The van der Waals surface area contributed by atoms with Crippen molar-refractivity contribution in [2.75, 3.05) is 5.75 Å². The highest BCUT2D eigenvalue weighted by Crippen LogP contribution is 2.27. The van der Waals surface area contributed by atoms with Crippen LogP contribution in [0.1, 0.15) is 13.8 Å². The lowest BCUT2D eigenvalue weighted by molar-refractivity contribution is -0.126. The van der Waals surface area contributed by atoms with Gasteiger partial charge in [-0.2, -0.15) is 0 Å². The van der Waals surface area contributed by atoms with E-state index in [0.29, 0.717) is 0 Å². The predicted octanol–water partition coefficient (Wildman–Crippen LogP) is 0.896. The van der Waals surface area contributed by atoms with E-state index in [-0.39, 0.29) is 22.7 Å². The maximum Gasteiger partial charge on any atom is 0.156 e. The fraction of sp³-hybridized carbons (Fsp3) is 0.714. The molecule has 0 aromatic rings. The van der Waals surface area contributed by atoms with E-state index in [1.165, 1.54) is 18.7 Å². The van der Waals surface area contributed by atoms with Gasteiger partial charge in [-0.3, -0.25) is 9.59 Å². The molecule has 0 unspecified atom stereocenters. The van der Waals surface area contributed by atoms with Crippen molar-refractivity contribution in [3.05, 3.63) is 0 Å². The van der Waals surface area contributed by atoms with Crippen LogP contribution in [0.3, 0.4) is 0 Å². The molecule has 56 valence electrons. The van der Waals surface area contributed by atoms with Crippen LogP contribution >= 0.6 is 11.8 Å². The van der Waals surface area contributed by atoms with E-state index in [4.69, 9.17) is 0 Å². The molecular weight excluding hydrogens is 148 g/mol. The summed E-state index contributed by atoms with van der Waals surface area (Å²) in [7, 11) is 0. The van der Waals surface area contributed by atoms with Gasteiger partial charge in [0.1, 0.15) is 11.0 Å². The van der Waals surface area contributed by atoms with Crippen LogP contribution in [0.4, 0.5) is 0 Å². The molecule has 0 N–H and O–H groups in total. The van der Waals surface area contributed by atoms with Crippen LogP contribution in [0.15, 0.2) is 0 Å². The van der Waals surface area contributed by atoms with Gasteiger partial charge in [0.25, 0.3) is 0 Å². The van der Waals surface area contributed by atoms with Crippen LogP contribution in [0.25, 0.3) is 0 Å². The Kier molecular flexibility index (Phi) is 2.14. The van der Waals surface area contributed by atoms with Crippen molar-refractivity contribution in [3.63, 3.8) is 0 Å². The second kappa shape index (κ2) is 2.74. The van der Waals surface area contributed by atoms with Crippen molar-refractivity contribution >= 4 is 23.3 Å². The molecule has 1 rings (SSSR count). The third-order valence-electron chi connectivity index (χ3n) is 1.63. The molecule has 1 aliphatic rings. The van der Waals surface area contributed by atoms with Crippen LogP contribution in [0, 0.1) is 5.92 Å². The first-order valence-electron chi connectivity index (χ1n) is 3.28. The van der Waals surface area contributed by atoms with Crippen LogP contribution < -0.4 is 0 Å². The molecule has 0 saturated carbocycles. The molecule has 0 aliphatic carbocycles. The summed E-state index contributed by atoms with van der Waals surface area (Å²) in [4.78, 5) is 21.9. The van der Waals surface area contributed by atoms with E-state index < -0.39 is 0 Å². The topological polar surface area (TPSA) is 34.1 Å². The van der Waals surface area contributed by atoms with Gasteiger partial charge in [0.15, 0.2) is 5.78 Å². The van der Waals surface area contributed by atoms with Gasteiger partial charge in [-0.15, -0.1) is 11.8 Å². The van der Waals surface area contributed by atoms with Gasteiger partial charge < -0.3 is 0 Å². The third kappa shape index (κ3) is 1.24. The maximum atomic E-state index is 11.1. The average Bonchev–Trinajstić information content (AvgIpc) is 2.14. The molecular formula is C7H10O2S. The number of thioether (sulfide) groups is 1. The zero-order chi connectivity index (χ0) is 7.72. The Labute approximate surface area is 64.4 Å². The summed E-state index contributed by atoms with van der Waals surface area (Å²) in [6, 6.07) is 0. The molecule has 1 fully saturated rings. The Morgan fingerprint density at radius 1 is 1.70 bits per heavy atom. The Balaban J connectivity index is 2.66. The lowest BCUT2D eigenvalue weighted by Crippen LogP contribution is -2.22. The van der Waals surface area contributed by atoms with Crippen molar-refractivity contribution in [2.24, 2.45) is 5.92 Å². The largest absolute Gasteiger partial charge is 0.298 e. The zero-order valence-electron chi connectivity index (χ0n) is 6.09. The fourth-order valence-corrected chi connectivity index (χ4v) is 2.26. The summed E-state index contributed by atoms with van der Waals surface area (Å²) in [6.07, 6.45) is 0. The number of hydrogen-bond acceptors (Lipinski definition) is 3. The molecule has 0 bridgehead atoms. The lowest BCUT2D eigenvalue weighted by atomic mass is 10.1. The molecule has 2 nitrogen and oxygen atoms in total. The van der Waals surface area contributed by atoms with Crippen LogP contribution in [-0.4, -0.2) is 22.6 Å². The summed E-state index contributed by atoms with van der Waals surface area (Å²) < 4.78 is 0. The van der Waals surface area contributed by atoms with E-state index in [1.54, 1.807) is 0 Å². The molecule has 0 spiro atoms. The lowest BCUT2D eigenvalue weighted by Gasteiger charge is -2.00. The Morgan fingerprint density at radius 2 is 2.30 bits per heavy atom. The minimum Gasteiger partial charge on any atom is -0.298 e. The summed E-state index contributed by atoms with van der Waals surface area (Å²) in [6.45, 7) is 3.35. The number of carbonyl (C=O) groups excluding carboxylic acids is 2. The van der Waals surface area contributed by atoms with Crippen molar-refractivity contribution in [2.45, 2.75) is 19.1 Å². The van der Waals surface area contributed by atoms with Gasteiger partial charge in [0.05, 0.1) is 0 Å².